The second-order valence-corrected chi connectivity index (χ2v) is 5.22. The molecule has 0 radical (unpaired) electrons. The number of aliphatic hydroxyl groups excluding tert-OH is 1. The van der Waals surface area contributed by atoms with E-state index in [1.165, 1.54) is 11.0 Å². The number of halogens is 2. The van der Waals surface area contributed by atoms with Gasteiger partial charge in [-0.3, -0.25) is 4.79 Å². The van der Waals surface area contributed by atoms with Gasteiger partial charge in [0.2, 0.25) is 5.91 Å². The smallest absolute Gasteiger partial charge is 0.227 e. The Labute approximate surface area is 134 Å². The summed E-state index contributed by atoms with van der Waals surface area (Å²) >= 11 is 0. The molecule has 0 unspecified atom stereocenters. The minimum atomic E-state index is -0.731. The van der Waals surface area contributed by atoms with E-state index in [-0.39, 0.29) is 25.1 Å². The van der Waals surface area contributed by atoms with Gasteiger partial charge in [-0.05, 0) is 24.1 Å². The van der Waals surface area contributed by atoms with Gasteiger partial charge in [0.1, 0.15) is 11.6 Å². The molecular weight excluding hydrogens is 300 g/mol. The average molecular weight is 319 g/mol. The molecule has 5 heteroatoms. The summed E-state index contributed by atoms with van der Waals surface area (Å²) in [6.45, 7) is 0.335. The van der Waals surface area contributed by atoms with E-state index in [1.807, 2.05) is 30.3 Å². The van der Waals surface area contributed by atoms with E-state index in [2.05, 4.69) is 0 Å². The number of rotatable bonds is 7. The molecule has 0 aliphatic carbocycles. The highest BCUT2D eigenvalue weighted by Gasteiger charge is 2.18. The summed E-state index contributed by atoms with van der Waals surface area (Å²) in [5, 5.41) is 9.12. The lowest BCUT2D eigenvalue weighted by atomic mass is 10.1. The Balaban J connectivity index is 2.03. The minimum absolute atomic E-state index is 0.141. The highest BCUT2D eigenvalue weighted by molar-refractivity contribution is 5.79. The fourth-order valence-electron chi connectivity index (χ4n) is 2.35. The van der Waals surface area contributed by atoms with Crippen molar-refractivity contribution in [3.8, 4) is 0 Å². The van der Waals surface area contributed by atoms with Crippen LogP contribution in [-0.4, -0.2) is 35.6 Å². The molecule has 0 fully saturated rings. The topological polar surface area (TPSA) is 40.5 Å². The Morgan fingerprint density at radius 1 is 0.957 bits per heavy atom. The zero-order valence-electron chi connectivity index (χ0n) is 12.7. The average Bonchev–Trinajstić information content (AvgIpc) is 2.56. The van der Waals surface area contributed by atoms with E-state index in [0.717, 1.165) is 17.7 Å². The number of amides is 1. The van der Waals surface area contributed by atoms with Crippen LogP contribution in [0.4, 0.5) is 8.78 Å². The van der Waals surface area contributed by atoms with Crippen molar-refractivity contribution >= 4 is 5.91 Å². The second kappa shape index (κ2) is 8.39. The van der Waals surface area contributed by atoms with Gasteiger partial charge in [-0.25, -0.2) is 8.78 Å². The van der Waals surface area contributed by atoms with Crippen molar-refractivity contribution in [2.45, 2.75) is 12.8 Å². The molecule has 0 atom stereocenters. The first-order valence-electron chi connectivity index (χ1n) is 7.47. The molecule has 0 spiro atoms. The molecule has 23 heavy (non-hydrogen) atoms. The van der Waals surface area contributed by atoms with Gasteiger partial charge in [-0.1, -0.05) is 36.4 Å². The van der Waals surface area contributed by atoms with Crippen LogP contribution >= 0.6 is 0 Å². The normalized spacial score (nSPS) is 10.6. The summed E-state index contributed by atoms with van der Waals surface area (Å²) in [4.78, 5) is 13.7. The van der Waals surface area contributed by atoms with E-state index >= 15 is 0 Å². The molecule has 3 nitrogen and oxygen atoms in total. The second-order valence-electron chi connectivity index (χ2n) is 5.22. The summed E-state index contributed by atoms with van der Waals surface area (Å²) in [5.41, 5.74) is 0.820. The van der Waals surface area contributed by atoms with Crippen molar-refractivity contribution in [3.63, 3.8) is 0 Å². The molecule has 0 saturated heterocycles. The quantitative estimate of drug-likeness (QED) is 0.852. The molecule has 0 saturated carbocycles. The molecule has 2 aromatic carbocycles. The number of hydrogen-bond acceptors (Lipinski definition) is 2. The number of benzene rings is 2. The lowest BCUT2D eigenvalue weighted by Crippen LogP contribution is -2.36. The van der Waals surface area contributed by atoms with Gasteiger partial charge < -0.3 is 10.0 Å². The fraction of sp³-hybridized carbons (Fsp3) is 0.278. The van der Waals surface area contributed by atoms with E-state index in [1.54, 1.807) is 0 Å². The van der Waals surface area contributed by atoms with Crippen molar-refractivity contribution in [2.75, 3.05) is 19.7 Å². The predicted octanol–water partition coefficient (Wildman–Crippen LogP) is 2.57. The Kier molecular flexibility index (Phi) is 6.23. The lowest BCUT2D eigenvalue weighted by Gasteiger charge is -2.22. The third-order valence-corrected chi connectivity index (χ3v) is 3.63. The van der Waals surface area contributed by atoms with Crippen molar-refractivity contribution in [3.05, 3.63) is 71.3 Å². The third kappa shape index (κ3) is 4.86. The molecule has 0 aromatic heterocycles. The predicted molar refractivity (Wildman–Crippen MR) is 83.9 cm³/mol. The van der Waals surface area contributed by atoms with E-state index in [9.17, 15) is 13.6 Å². The van der Waals surface area contributed by atoms with Gasteiger partial charge in [-0.2, -0.15) is 0 Å². The van der Waals surface area contributed by atoms with E-state index in [0.29, 0.717) is 13.0 Å². The van der Waals surface area contributed by atoms with Gasteiger partial charge >= 0.3 is 0 Å². The molecule has 122 valence electrons. The molecule has 0 aliphatic heterocycles. The van der Waals surface area contributed by atoms with Crippen molar-refractivity contribution < 1.29 is 18.7 Å². The van der Waals surface area contributed by atoms with Crippen LogP contribution in [0.5, 0.6) is 0 Å². The molecule has 0 heterocycles. The van der Waals surface area contributed by atoms with Crippen molar-refractivity contribution in [1.82, 2.24) is 4.90 Å². The number of hydrogen-bond donors (Lipinski definition) is 1. The number of aliphatic hydroxyl groups is 1. The monoisotopic (exact) mass is 319 g/mol. The minimum Gasteiger partial charge on any atom is -0.395 e. The van der Waals surface area contributed by atoms with Gasteiger partial charge in [-0.15, -0.1) is 0 Å². The number of carbonyl (C=O) groups excluding carboxylic acids is 1. The van der Waals surface area contributed by atoms with Crippen molar-refractivity contribution in [1.29, 1.82) is 0 Å². The number of carbonyl (C=O) groups is 1. The van der Waals surface area contributed by atoms with Gasteiger partial charge in [0, 0.05) is 18.7 Å². The first-order valence-corrected chi connectivity index (χ1v) is 7.47. The van der Waals surface area contributed by atoms with Crippen LogP contribution < -0.4 is 0 Å². The zero-order valence-corrected chi connectivity index (χ0v) is 12.7. The highest BCUT2D eigenvalue weighted by atomic mass is 19.1. The molecular formula is C18H19F2NO2. The maximum atomic E-state index is 13.7. The Morgan fingerprint density at radius 3 is 2.22 bits per heavy atom. The van der Waals surface area contributed by atoms with Crippen LogP contribution in [0.2, 0.25) is 0 Å². The van der Waals surface area contributed by atoms with Crippen LogP contribution in [0.25, 0.3) is 0 Å². The summed E-state index contributed by atoms with van der Waals surface area (Å²) in [7, 11) is 0. The molecule has 2 aromatic rings. The van der Waals surface area contributed by atoms with Crippen LogP contribution in [0.3, 0.4) is 0 Å². The highest BCUT2D eigenvalue weighted by Crippen LogP contribution is 2.14. The van der Waals surface area contributed by atoms with Crippen LogP contribution in [0.15, 0.2) is 48.5 Å². The van der Waals surface area contributed by atoms with Gasteiger partial charge in [0.25, 0.3) is 0 Å². The summed E-state index contributed by atoms with van der Waals surface area (Å²) in [5.74, 6) is -1.87. The van der Waals surface area contributed by atoms with Crippen LogP contribution in [0, 0.1) is 11.6 Å². The molecule has 0 bridgehead atoms. The molecule has 1 N–H and O–H groups in total. The largest absolute Gasteiger partial charge is 0.395 e. The van der Waals surface area contributed by atoms with Crippen LogP contribution in [0.1, 0.15) is 11.1 Å². The SMILES string of the molecule is O=C(Cc1c(F)cccc1F)N(CCO)CCc1ccccc1. The fourth-order valence-corrected chi connectivity index (χ4v) is 2.35. The summed E-state index contributed by atoms with van der Waals surface area (Å²) in [6.07, 6.45) is 0.264. The number of nitrogens with zero attached hydrogens (tertiary/aromatic N) is 1. The van der Waals surface area contributed by atoms with Gasteiger partial charge in [0.15, 0.2) is 0 Å². The molecule has 0 aliphatic rings. The first-order chi connectivity index (χ1) is 11.1. The van der Waals surface area contributed by atoms with E-state index in [4.69, 9.17) is 5.11 Å². The van der Waals surface area contributed by atoms with Crippen LogP contribution in [-0.2, 0) is 17.6 Å². The maximum absolute atomic E-state index is 13.7. The zero-order chi connectivity index (χ0) is 16.7. The van der Waals surface area contributed by atoms with Gasteiger partial charge in [0.05, 0.1) is 13.0 Å². The Morgan fingerprint density at radius 2 is 1.61 bits per heavy atom. The van der Waals surface area contributed by atoms with E-state index < -0.39 is 17.5 Å². The standard InChI is InChI=1S/C18H19F2NO2/c19-16-7-4-8-17(20)15(16)13-18(23)21(11-12-22)10-9-14-5-2-1-3-6-14/h1-8,22H,9-13H2. The lowest BCUT2D eigenvalue weighted by molar-refractivity contribution is -0.131. The molecule has 2 rings (SSSR count). The Hall–Kier alpha value is -2.27. The first kappa shape index (κ1) is 17.1. The maximum Gasteiger partial charge on any atom is 0.227 e. The third-order valence-electron chi connectivity index (χ3n) is 3.63. The summed E-state index contributed by atoms with van der Waals surface area (Å²) in [6, 6.07) is 13.1. The molecule has 1 amide bonds. The van der Waals surface area contributed by atoms with Crippen molar-refractivity contribution in [2.24, 2.45) is 0 Å². The Bertz CT molecular complexity index is 626. The summed E-state index contributed by atoms with van der Waals surface area (Å²) < 4.78 is 27.3.